The van der Waals surface area contributed by atoms with Crippen LogP contribution in [0, 0.1) is 0 Å². The van der Waals surface area contributed by atoms with Crippen LogP contribution in [0.4, 0.5) is 0 Å². The highest BCUT2D eigenvalue weighted by Gasteiger charge is 2.36. The van der Waals surface area contributed by atoms with Gasteiger partial charge in [-0.25, -0.2) is 0 Å². The van der Waals surface area contributed by atoms with E-state index in [2.05, 4.69) is 0 Å². The van der Waals surface area contributed by atoms with Gasteiger partial charge in [0.25, 0.3) is 0 Å². The maximum absolute atomic E-state index is 9.02. The Morgan fingerprint density at radius 3 is 2.20 bits per heavy atom. The maximum atomic E-state index is 9.02. The molecule has 0 radical (unpaired) electrons. The Morgan fingerprint density at radius 1 is 1.40 bits per heavy atom. The van der Waals surface area contributed by atoms with E-state index in [4.69, 9.17) is 15.3 Å². The Balaban J connectivity index is 0.000000810. The fourth-order valence-electron chi connectivity index (χ4n) is 1.06. The van der Waals surface area contributed by atoms with Crippen LogP contribution < -0.4 is 17.7 Å². The summed E-state index contributed by atoms with van der Waals surface area (Å²) >= 11 is 0. The number of rotatable bonds is 1. The molecule has 1 aliphatic heterocycles. The first-order chi connectivity index (χ1) is 4.25. The Labute approximate surface area is 65.3 Å². The van der Waals surface area contributed by atoms with E-state index < -0.39 is 12.2 Å². The Kier molecular flexibility index (Phi) is 4.15. The Bertz CT molecular complexity index is 103. The SMILES string of the molecule is OC[C@@H]1[NH2+]C[C@@H](O)[C@@H]1O.[Cl-]. The molecule has 0 saturated carbocycles. The molecule has 0 unspecified atom stereocenters. The second-order valence-corrected chi connectivity index (χ2v) is 2.38. The summed E-state index contributed by atoms with van der Waals surface area (Å²) in [5.74, 6) is 0. The predicted octanol–water partition coefficient (Wildman–Crippen LogP) is -6.35. The fraction of sp³-hybridized carbons (Fsp3) is 1.00. The first-order valence-electron chi connectivity index (χ1n) is 3.06. The van der Waals surface area contributed by atoms with Gasteiger partial charge in [-0.1, -0.05) is 0 Å². The van der Waals surface area contributed by atoms with Crippen LogP contribution in [-0.4, -0.2) is 46.7 Å². The minimum Gasteiger partial charge on any atom is -1.00 e. The quantitative estimate of drug-likeness (QED) is 0.316. The van der Waals surface area contributed by atoms with E-state index in [0.717, 1.165) is 0 Å². The van der Waals surface area contributed by atoms with Gasteiger partial charge in [0.1, 0.15) is 24.8 Å². The van der Waals surface area contributed by atoms with Gasteiger partial charge < -0.3 is 33.0 Å². The van der Waals surface area contributed by atoms with Gasteiger partial charge in [-0.15, -0.1) is 0 Å². The third-order valence-corrected chi connectivity index (χ3v) is 1.72. The largest absolute Gasteiger partial charge is 1.00 e. The summed E-state index contributed by atoms with van der Waals surface area (Å²) in [5, 5.41) is 28.2. The number of aliphatic hydroxyl groups excluding tert-OH is 3. The molecule has 10 heavy (non-hydrogen) atoms. The van der Waals surface area contributed by atoms with E-state index in [1.165, 1.54) is 0 Å². The topological polar surface area (TPSA) is 77.3 Å². The number of aliphatic hydroxyl groups is 3. The highest BCUT2D eigenvalue weighted by molar-refractivity contribution is 4.77. The molecule has 0 bridgehead atoms. The molecule has 4 nitrogen and oxygen atoms in total. The van der Waals surface area contributed by atoms with Gasteiger partial charge in [-0.2, -0.15) is 0 Å². The summed E-state index contributed by atoms with van der Waals surface area (Å²) in [6.45, 7) is 0.421. The molecule has 1 saturated heterocycles. The number of quaternary nitrogens is 1. The van der Waals surface area contributed by atoms with E-state index in [9.17, 15) is 0 Å². The first kappa shape index (κ1) is 10.1. The normalized spacial score (nSPS) is 39.3. The van der Waals surface area contributed by atoms with Crippen LogP contribution in [0.5, 0.6) is 0 Å². The third kappa shape index (κ3) is 1.81. The zero-order valence-corrected chi connectivity index (χ0v) is 6.20. The van der Waals surface area contributed by atoms with E-state index in [1.807, 2.05) is 0 Å². The van der Waals surface area contributed by atoms with Crippen molar-refractivity contribution in [3.63, 3.8) is 0 Å². The van der Waals surface area contributed by atoms with Crippen LogP contribution in [0.1, 0.15) is 0 Å². The molecule has 1 fully saturated rings. The second-order valence-electron chi connectivity index (χ2n) is 2.38. The van der Waals surface area contributed by atoms with Crippen LogP contribution in [0.15, 0.2) is 0 Å². The van der Waals surface area contributed by atoms with Crippen molar-refractivity contribution in [2.75, 3.05) is 13.2 Å². The van der Waals surface area contributed by atoms with Crippen molar-refractivity contribution in [2.45, 2.75) is 18.2 Å². The lowest BCUT2D eigenvalue weighted by Crippen LogP contribution is -3.00. The van der Waals surface area contributed by atoms with Gasteiger partial charge in [0.2, 0.25) is 0 Å². The van der Waals surface area contributed by atoms with E-state index >= 15 is 0 Å². The van der Waals surface area contributed by atoms with Crippen molar-refractivity contribution in [1.29, 1.82) is 0 Å². The molecule has 0 aromatic carbocycles. The lowest BCUT2D eigenvalue weighted by atomic mass is 10.1. The first-order valence-corrected chi connectivity index (χ1v) is 3.06. The Hall–Kier alpha value is 0.130. The van der Waals surface area contributed by atoms with Crippen LogP contribution in [0.3, 0.4) is 0 Å². The molecule has 5 heteroatoms. The summed E-state index contributed by atoms with van der Waals surface area (Å²) in [6, 6.07) is -0.222. The Morgan fingerprint density at radius 2 is 2.00 bits per heavy atom. The number of hydrogen-bond acceptors (Lipinski definition) is 3. The van der Waals surface area contributed by atoms with Crippen molar-refractivity contribution in [3.8, 4) is 0 Å². The summed E-state index contributed by atoms with van der Waals surface area (Å²) in [7, 11) is 0. The molecule has 3 atom stereocenters. The fourth-order valence-corrected chi connectivity index (χ4v) is 1.06. The van der Waals surface area contributed by atoms with Gasteiger partial charge in [-0.05, 0) is 0 Å². The number of hydrogen-bond donors (Lipinski definition) is 4. The smallest absolute Gasteiger partial charge is 0.139 e. The van der Waals surface area contributed by atoms with E-state index in [-0.39, 0.29) is 25.1 Å². The summed E-state index contributed by atoms with van der Waals surface area (Å²) in [4.78, 5) is 0. The van der Waals surface area contributed by atoms with Crippen molar-refractivity contribution >= 4 is 0 Å². The van der Waals surface area contributed by atoms with Gasteiger partial charge in [0.05, 0.1) is 6.61 Å². The predicted molar refractivity (Wildman–Crippen MR) is 29.7 cm³/mol. The molecule has 5 N–H and O–H groups in total. The highest BCUT2D eigenvalue weighted by Crippen LogP contribution is 1.99. The minimum absolute atomic E-state index is 0. The van der Waals surface area contributed by atoms with E-state index in [1.54, 1.807) is 5.32 Å². The molecule has 1 aliphatic rings. The molecule has 62 valence electrons. The molecular weight excluding hydrogens is 158 g/mol. The standard InChI is InChI=1S/C5H11NO3.ClH/c7-2-3-5(9)4(8)1-6-3;/h3-9H,1-2H2;1H/t3-,4+,5+;/m0./s1. The van der Waals surface area contributed by atoms with Gasteiger partial charge >= 0.3 is 0 Å². The average Bonchev–Trinajstić information content (AvgIpc) is 2.15. The van der Waals surface area contributed by atoms with Crippen molar-refractivity contribution in [2.24, 2.45) is 0 Å². The number of nitrogens with two attached hydrogens (primary N) is 1. The van der Waals surface area contributed by atoms with E-state index in [0.29, 0.717) is 6.54 Å². The molecule has 1 heterocycles. The summed E-state index contributed by atoms with van der Waals surface area (Å²) < 4.78 is 0. The molecule has 0 aromatic heterocycles. The summed E-state index contributed by atoms with van der Waals surface area (Å²) in [6.07, 6.45) is -1.42. The molecule has 0 spiro atoms. The van der Waals surface area contributed by atoms with Crippen LogP contribution >= 0.6 is 0 Å². The lowest BCUT2D eigenvalue weighted by Gasteiger charge is -2.07. The lowest BCUT2D eigenvalue weighted by molar-refractivity contribution is -0.676. The van der Waals surface area contributed by atoms with Crippen LogP contribution in [-0.2, 0) is 0 Å². The van der Waals surface area contributed by atoms with Crippen molar-refractivity contribution in [3.05, 3.63) is 0 Å². The van der Waals surface area contributed by atoms with Crippen molar-refractivity contribution in [1.82, 2.24) is 0 Å². The van der Waals surface area contributed by atoms with Crippen LogP contribution in [0.25, 0.3) is 0 Å². The molecule has 0 aromatic rings. The zero-order valence-electron chi connectivity index (χ0n) is 5.44. The average molecular weight is 170 g/mol. The van der Waals surface area contributed by atoms with Gasteiger partial charge in [0.15, 0.2) is 0 Å². The molecule has 1 rings (SSSR count). The third-order valence-electron chi connectivity index (χ3n) is 1.72. The molecule has 0 amide bonds. The summed E-state index contributed by atoms with van der Waals surface area (Å²) in [5.41, 5.74) is 0. The highest BCUT2D eigenvalue weighted by atomic mass is 35.5. The number of halogens is 1. The minimum atomic E-state index is -0.755. The maximum Gasteiger partial charge on any atom is 0.139 e. The molecule has 0 aliphatic carbocycles. The van der Waals surface area contributed by atoms with Gasteiger partial charge in [-0.3, -0.25) is 0 Å². The molecular formula is C5H12ClNO3. The monoisotopic (exact) mass is 169 g/mol. The zero-order chi connectivity index (χ0) is 6.85. The van der Waals surface area contributed by atoms with Gasteiger partial charge in [0, 0.05) is 0 Å². The van der Waals surface area contributed by atoms with Crippen LogP contribution in [0.2, 0.25) is 0 Å². The second kappa shape index (κ2) is 4.10. The van der Waals surface area contributed by atoms with Crippen molar-refractivity contribution < 1.29 is 33.0 Å².